The molecule has 1 aliphatic heterocycles. The van der Waals surface area contributed by atoms with Crippen LogP contribution in [0.5, 0.6) is 0 Å². The van der Waals surface area contributed by atoms with Crippen LogP contribution in [0.1, 0.15) is 23.0 Å². The lowest BCUT2D eigenvalue weighted by Gasteiger charge is -2.09. The second-order valence-corrected chi connectivity index (χ2v) is 5.97. The Morgan fingerprint density at radius 2 is 2.29 bits per heavy atom. The topological polar surface area (TPSA) is 123 Å². The molecule has 8 nitrogen and oxygen atoms in total. The molecule has 142 valence electrons. The van der Waals surface area contributed by atoms with Gasteiger partial charge < -0.3 is 20.5 Å². The van der Waals surface area contributed by atoms with E-state index in [4.69, 9.17) is 20.5 Å². The van der Waals surface area contributed by atoms with Crippen LogP contribution in [0.2, 0.25) is 0 Å². The number of amides is 1. The number of benzene rings is 1. The molecule has 1 amide bonds. The lowest BCUT2D eigenvalue weighted by atomic mass is 10.2. The van der Waals surface area contributed by atoms with E-state index in [2.05, 4.69) is 15.3 Å². The molecule has 2 heterocycles. The van der Waals surface area contributed by atoms with Crippen molar-refractivity contribution < 1.29 is 18.7 Å². The number of nitriles is 1. The maximum absolute atomic E-state index is 14.1. The van der Waals surface area contributed by atoms with E-state index in [1.165, 1.54) is 36.7 Å². The summed E-state index contributed by atoms with van der Waals surface area (Å²) in [4.78, 5) is 20.1. The summed E-state index contributed by atoms with van der Waals surface area (Å²) < 4.78 is 24.5. The van der Waals surface area contributed by atoms with Crippen molar-refractivity contribution in [2.24, 2.45) is 16.6 Å². The van der Waals surface area contributed by atoms with Gasteiger partial charge in [-0.05, 0) is 30.3 Å². The Morgan fingerprint density at radius 3 is 2.93 bits per heavy atom. The molecule has 1 atom stereocenters. The van der Waals surface area contributed by atoms with Gasteiger partial charge in [0.2, 0.25) is 0 Å². The minimum Gasteiger partial charge on any atom is -0.497 e. The number of amidine groups is 1. The summed E-state index contributed by atoms with van der Waals surface area (Å²) >= 11 is 0. The molecule has 0 spiro atoms. The first-order valence-corrected chi connectivity index (χ1v) is 8.27. The van der Waals surface area contributed by atoms with Gasteiger partial charge in [-0.25, -0.2) is 9.37 Å². The summed E-state index contributed by atoms with van der Waals surface area (Å²) in [5.74, 6) is -0.634. The standard InChI is InChI=1S/C19H16FN5O3/c1-11-9-27-10-17(11)28-19(22)25-16-6-13(3-4-14(16)20)24-18(26)15-5-2-12(7-21)8-23-15/h2-6,8,10-11H,9H2,1H3,(H2,22,25)(H,24,26)/t11-/m0/s1. The number of hydrogen-bond acceptors (Lipinski definition) is 6. The zero-order chi connectivity index (χ0) is 20.1. The average molecular weight is 381 g/mol. The SMILES string of the molecule is C[C@H]1COC=C1O/C(N)=N\c1cc(NC(=O)c2ccc(C#N)cn2)ccc1F. The number of aromatic nitrogens is 1. The first-order chi connectivity index (χ1) is 13.5. The molecule has 0 unspecified atom stereocenters. The largest absolute Gasteiger partial charge is 0.497 e. The van der Waals surface area contributed by atoms with E-state index >= 15 is 0 Å². The lowest BCUT2D eigenvalue weighted by molar-refractivity contribution is 0.102. The molecule has 0 saturated heterocycles. The van der Waals surface area contributed by atoms with Crippen LogP contribution in [0.3, 0.4) is 0 Å². The smallest absolute Gasteiger partial charge is 0.292 e. The molecule has 3 rings (SSSR count). The number of hydrogen-bond donors (Lipinski definition) is 2. The highest BCUT2D eigenvalue weighted by Gasteiger charge is 2.19. The zero-order valence-electron chi connectivity index (χ0n) is 14.8. The number of anilines is 1. The van der Waals surface area contributed by atoms with Crippen molar-refractivity contribution >= 4 is 23.3 Å². The van der Waals surface area contributed by atoms with E-state index < -0.39 is 11.7 Å². The van der Waals surface area contributed by atoms with Gasteiger partial charge in [-0.3, -0.25) is 4.79 Å². The predicted molar refractivity (Wildman–Crippen MR) is 98.9 cm³/mol. The molecule has 1 aromatic carbocycles. The molecule has 0 fully saturated rings. The predicted octanol–water partition coefficient (Wildman–Crippen LogP) is 2.82. The Balaban J connectivity index is 1.74. The van der Waals surface area contributed by atoms with E-state index in [1.807, 2.05) is 13.0 Å². The fourth-order valence-corrected chi connectivity index (χ4v) is 2.33. The minimum atomic E-state index is -0.634. The Morgan fingerprint density at radius 1 is 1.46 bits per heavy atom. The second-order valence-electron chi connectivity index (χ2n) is 5.97. The van der Waals surface area contributed by atoms with Crippen LogP contribution < -0.4 is 11.1 Å². The molecule has 0 radical (unpaired) electrons. The van der Waals surface area contributed by atoms with Crippen molar-refractivity contribution in [2.75, 3.05) is 11.9 Å². The first kappa shape index (κ1) is 18.8. The van der Waals surface area contributed by atoms with Gasteiger partial charge in [0.1, 0.15) is 35.3 Å². The molecule has 3 N–H and O–H groups in total. The van der Waals surface area contributed by atoms with E-state index in [-0.39, 0.29) is 23.3 Å². The summed E-state index contributed by atoms with van der Waals surface area (Å²) in [5, 5.41) is 11.3. The Hall–Kier alpha value is -3.93. The number of carbonyl (C=O) groups excluding carboxylic acids is 1. The quantitative estimate of drug-likeness (QED) is 0.620. The van der Waals surface area contributed by atoms with Gasteiger partial charge >= 0.3 is 0 Å². The van der Waals surface area contributed by atoms with Gasteiger partial charge in [0.15, 0.2) is 0 Å². The number of nitrogens with one attached hydrogen (secondary N) is 1. The number of nitrogens with two attached hydrogens (primary N) is 1. The van der Waals surface area contributed by atoms with Crippen LogP contribution in [0, 0.1) is 23.1 Å². The van der Waals surface area contributed by atoms with Gasteiger partial charge in [-0.1, -0.05) is 6.92 Å². The molecule has 1 aliphatic rings. The van der Waals surface area contributed by atoms with Gasteiger partial charge in [0.05, 0.1) is 18.1 Å². The monoisotopic (exact) mass is 381 g/mol. The number of halogens is 1. The number of aliphatic imine (C=N–C) groups is 1. The molecule has 0 bridgehead atoms. The second kappa shape index (κ2) is 8.18. The third-order valence-corrected chi connectivity index (χ3v) is 3.81. The molecule has 9 heteroatoms. The number of nitrogens with zero attached hydrogens (tertiary/aromatic N) is 3. The third kappa shape index (κ3) is 4.42. The number of carbonyl (C=O) groups is 1. The van der Waals surface area contributed by atoms with E-state index in [0.29, 0.717) is 23.6 Å². The minimum absolute atomic E-state index is 0.0177. The van der Waals surface area contributed by atoms with Gasteiger partial charge in [0.25, 0.3) is 11.9 Å². The van der Waals surface area contributed by atoms with Crippen LogP contribution in [0.25, 0.3) is 0 Å². The highest BCUT2D eigenvalue weighted by atomic mass is 19.1. The van der Waals surface area contributed by atoms with Crippen LogP contribution in [-0.2, 0) is 9.47 Å². The molecule has 1 aromatic heterocycles. The van der Waals surface area contributed by atoms with E-state index in [1.54, 1.807) is 0 Å². The fraction of sp³-hybridized carbons (Fsp3) is 0.158. The Kier molecular flexibility index (Phi) is 5.50. The maximum atomic E-state index is 14.1. The van der Waals surface area contributed by atoms with Gasteiger partial charge in [-0.2, -0.15) is 10.3 Å². The fourth-order valence-electron chi connectivity index (χ4n) is 2.33. The van der Waals surface area contributed by atoms with Crippen molar-refractivity contribution in [1.29, 1.82) is 5.26 Å². The summed E-state index contributed by atoms with van der Waals surface area (Å²) in [6.45, 7) is 2.36. The number of ether oxygens (including phenoxy) is 2. The highest BCUT2D eigenvalue weighted by molar-refractivity contribution is 6.03. The Labute approximate surface area is 160 Å². The third-order valence-electron chi connectivity index (χ3n) is 3.81. The lowest BCUT2D eigenvalue weighted by Crippen LogP contribution is -2.17. The van der Waals surface area contributed by atoms with E-state index in [9.17, 15) is 9.18 Å². The van der Waals surface area contributed by atoms with Crippen molar-refractivity contribution in [3.05, 3.63) is 65.6 Å². The van der Waals surface area contributed by atoms with E-state index in [0.717, 1.165) is 6.07 Å². The van der Waals surface area contributed by atoms with Crippen molar-refractivity contribution in [1.82, 2.24) is 4.98 Å². The van der Waals surface area contributed by atoms with Crippen LogP contribution >= 0.6 is 0 Å². The van der Waals surface area contributed by atoms with Crippen LogP contribution in [0.15, 0.2) is 53.5 Å². The molecule has 0 aliphatic carbocycles. The zero-order valence-corrected chi connectivity index (χ0v) is 14.8. The van der Waals surface area contributed by atoms with Crippen LogP contribution in [0.4, 0.5) is 15.8 Å². The molecule has 0 saturated carbocycles. The average Bonchev–Trinajstić information content (AvgIpc) is 3.09. The maximum Gasteiger partial charge on any atom is 0.292 e. The summed E-state index contributed by atoms with van der Waals surface area (Å²) in [5.41, 5.74) is 6.36. The number of rotatable bonds is 4. The first-order valence-electron chi connectivity index (χ1n) is 8.27. The molecular weight excluding hydrogens is 365 g/mol. The van der Waals surface area contributed by atoms with Gasteiger partial charge in [-0.15, -0.1) is 0 Å². The van der Waals surface area contributed by atoms with Crippen molar-refractivity contribution in [3.63, 3.8) is 0 Å². The molecular formula is C19H16FN5O3. The summed E-state index contributed by atoms with van der Waals surface area (Å²) in [7, 11) is 0. The Bertz CT molecular complexity index is 996. The van der Waals surface area contributed by atoms with Crippen molar-refractivity contribution in [3.8, 4) is 6.07 Å². The highest BCUT2D eigenvalue weighted by Crippen LogP contribution is 2.24. The normalized spacial score (nSPS) is 16.0. The van der Waals surface area contributed by atoms with Crippen LogP contribution in [-0.4, -0.2) is 23.5 Å². The summed E-state index contributed by atoms with van der Waals surface area (Å²) in [6, 6.07) is 8.40. The number of pyridine rings is 1. The molecule has 2 aromatic rings. The van der Waals surface area contributed by atoms with Crippen molar-refractivity contribution in [2.45, 2.75) is 6.92 Å². The summed E-state index contributed by atoms with van der Waals surface area (Å²) in [6.07, 6.45) is 2.72. The molecule has 28 heavy (non-hydrogen) atoms. The van der Waals surface area contributed by atoms with Gasteiger partial charge in [0, 0.05) is 11.9 Å².